The first-order chi connectivity index (χ1) is 12.7. The summed E-state index contributed by atoms with van der Waals surface area (Å²) in [5, 5.41) is 2.13. The van der Waals surface area contributed by atoms with Crippen molar-refractivity contribution in [2.45, 2.75) is 19.8 Å². The molecule has 2 aromatic heterocycles. The monoisotopic (exact) mass is 341 g/mol. The van der Waals surface area contributed by atoms with Gasteiger partial charge in [-0.3, -0.25) is 4.98 Å². The van der Waals surface area contributed by atoms with Crippen LogP contribution in [0.2, 0.25) is 0 Å². The van der Waals surface area contributed by atoms with E-state index in [1.165, 1.54) is 16.7 Å². The maximum absolute atomic E-state index is 6.15. The van der Waals surface area contributed by atoms with Crippen LogP contribution in [0.1, 0.15) is 17.5 Å². The maximum atomic E-state index is 6.15. The molecule has 0 atom stereocenters. The Kier molecular flexibility index (Phi) is 3.32. The van der Waals surface area contributed by atoms with Crippen molar-refractivity contribution in [3.63, 3.8) is 0 Å². The summed E-state index contributed by atoms with van der Waals surface area (Å²) in [7, 11) is 0. The molecule has 0 fully saturated rings. The molecule has 0 saturated heterocycles. The van der Waals surface area contributed by atoms with Gasteiger partial charge in [0.1, 0.15) is 17.9 Å². The lowest BCUT2D eigenvalue weighted by Crippen LogP contribution is -1.99. The second kappa shape index (κ2) is 5.70. The number of benzene rings is 1. The zero-order chi connectivity index (χ0) is 17.7. The number of fused-ring (bicyclic) bond motifs is 4. The minimum Gasteiger partial charge on any atom is -0.493 e. The van der Waals surface area contributed by atoms with E-state index in [1.807, 2.05) is 6.20 Å². The molecule has 1 aliphatic heterocycles. The molecule has 0 unspecified atom stereocenters. The zero-order valence-corrected chi connectivity index (χ0v) is 14.6. The summed E-state index contributed by atoms with van der Waals surface area (Å²) in [5.74, 6) is 1.54. The molecule has 0 amide bonds. The molecule has 1 aliphatic carbocycles. The van der Waals surface area contributed by atoms with E-state index in [9.17, 15) is 0 Å². The second-order valence-corrected chi connectivity index (χ2v) is 6.95. The van der Waals surface area contributed by atoms with Crippen molar-refractivity contribution >= 4 is 27.6 Å². The molecule has 0 radical (unpaired) electrons. The number of rotatable bonds is 2. The van der Waals surface area contributed by atoms with Crippen molar-refractivity contribution in [1.82, 2.24) is 9.97 Å². The molecule has 0 bridgehead atoms. The lowest BCUT2D eigenvalue weighted by Gasteiger charge is -2.10. The van der Waals surface area contributed by atoms with Crippen LogP contribution in [0.4, 0.5) is 5.82 Å². The topological polar surface area (TPSA) is 61.0 Å². The summed E-state index contributed by atoms with van der Waals surface area (Å²) in [4.78, 5) is 9.12. The molecule has 3 aromatic rings. The van der Waals surface area contributed by atoms with Crippen molar-refractivity contribution in [3.8, 4) is 0 Å². The zero-order valence-electron chi connectivity index (χ0n) is 14.6. The Hall–Kier alpha value is -3.14. The third-order valence-corrected chi connectivity index (χ3v) is 5.12. The number of nitrogens with two attached hydrogens (primary N) is 1. The van der Waals surface area contributed by atoms with Gasteiger partial charge < -0.3 is 10.5 Å². The Morgan fingerprint density at radius 3 is 3.04 bits per heavy atom. The Labute approximate surface area is 151 Å². The summed E-state index contributed by atoms with van der Waals surface area (Å²) >= 11 is 0. The van der Waals surface area contributed by atoms with Crippen LogP contribution in [0.15, 0.2) is 65.6 Å². The van der Waals surface area contributed by atoms with Crippen LogP contribution in [0, 0.1) is 6.92 Å². The number of hydrogen-bond donors (Lipinski definition) is 1. The van der Waals surface area contributed by atoms with E-state index in [1.54, 1.807) is 0 Å². The molecular formula is C22H19N3O. The standard InChI is InChI=1S/C22H19N3O/c1-13-6-7-17-18-9-14(11-24-21(18)22(23)25-19(17)8-13)10-20-16-5-3-2-4-15(16)12-26-20/h2-4,6-9,11H,5,10,12H2,1H3,(H2,23,25). The van der Waals surface area contributed by atoms with Crippen molar-refractivity contribution < 1.29 is 4.74 Å². The van der Waals surface area contributed by atoms with E-state index in [4.69, 9.17) is 10.5 Å². The smallest absolute Gasteiger partial charge is 0.150 e. The van der Waals surface area contributed by atoms with Crippen molar-refractivity contribution in [3.05, 3.63) is 76.7 Å². The highest BCUT2D eigenvalue weighted by Gasteiger charge is 2.22. The van der Waals surface area contributed by atoms with Gasteiger partial charge in [-0.2, -0.15) is 0 Å². The van der Waals surface area contributed by atoms with Crippen LogP contribution in [0.5, 0.6) is 0 Å². The van der Waals surface area contributed by atoms with Gasteiger partial charge in [-0.05, 0) is 42.2 Å². The van der Waals surface area contributed by atoms with Gasteiger partial charge in [0, 0.05) is 29.0 Å². The average molecular weight is 341 g/mol. The van der Waals surface area contributed by atoms with E-state index in [-0.39, 0.29) is 0 Å². The Bertz CT molecular complexity index is 1150. The van der Waals surface area contributed by atoms with Crippen molar-refractivity contribution in [2.24, 2.45) is 0 Å². The molecule has 128 valence electrons. The number of hydrogen-bond acceptors (Lipinski definition) is 4. The van der Waals surface area contributed by atoms with Crippen LogP contribution in [0.25, 0.3) is 21.8 Å². The molecule has 0 spiro atoms. The normalized spacial score (nSPS) is 16.1. The SMILES string of the molecule is Cc1ccc2c(c1)nc(N)c1ncc(CC3=C4CC=CC=C4CO3)cc12. The molecule has 4 nitrogen and oxygen atoms in total. The highest BCUT2D eigenvalue weighted by Crippen LogP contribution is 2.33. The molecule has 3 heterocycles. The van der Waals surface area contributed by atoms with Gasteiger partial charge in [0.15, 0.2) is 5.82 Å². The fraction of sp³-hybridized carbons (Fsp3) is 0.182. The maximum Gasteiger partial charge on any atom is 0.150 e. The number of pyridine rings is 2. The molecule has 4 heteroatoms. The number of allylic oxidation sites excluding steroid dienone is 4. The minimum atomic E-state index is 0.478. The first kappa shape index (κ1) is 15.1. The summed E-state index contributed by atoms with van der Waals surface area (Å²) < 4.78 is 5.95. The summed E-state index contributed by atoms with van der Waals surface area (Å²) in [5.41, 5.74) is 12.7. The second-order valence-electron chi connectivity index (χ2n) is 6.95. The first-order valence-electron chi connectivity index (χ1n) is 8.84. The first-order valence-corrected chi connectivity index (χ1v) is 8.84. The third-order valence-electron chi connectivity index (χ3n) is 5.12. The molecule has 26 heavy (non-hydrogen) atoms. The Balaban J connectivity index is 1.63. The van der Waals surface area contributed by atoms with E-state index in [0.29, 0.717) is 12.4 Å². The predicted octanol–water partition coefficient (Wildman–Crippen LogP) is 4.39. The molecule has 2 N–H and O–H groups in total. The molecule has 0 saturated carbocycles. The highest BCUT2D eigenvalue weighted by molar-refractivity contribution is 6.08. The van der Waals surface area contributed by atoms with Crippen LogP contribution in [-0.2, 0) is 11.2 Å². The number of aryl methyl sites for hydroxylation is 1. The molecule has 5 rings (SSSR count). The van der Waals surface area contributed by atoms with Crippen LogP contribution >= 0.6 is 0 Å². The van der Waals surface area contributed by atoms with Gasteiger partial charge in [-0.1, -0.05) is 30.4 Å². The van der Waals surface area contributed by atoms with Gasteiger partial charge in [0.05, 0.1) is 5.52 Å². The van der Waals surface area contributed by atoms with Crippen LogP contribution in [-0.4, -0.2) is 16.6 Å². The third kappa shape index (κ3) is 2.37. The van der Waals surface area contributed by atoms with Crippen molar-refractivity contribution in [1.29, 1.82) is 0 Å². The van der Waals surface area contributed by atoms with Crippen molar-refractivity contribution in [2.75, 3.05) is 12.3 Å². The van der Waals surface area contributed by atoms with Gasteiger partial charge in [-0.15, -0.1) is 0 Å². The van der Waals surface area contributed by atoms with E-state index < -0.39 is 0 Å². The molecular weight excluding hydrogens is 322 g/mol. The van der Waals surface area contributed by atoms with Gasteiger partial charge in [0.2, 0.25) is 0 Å². The van der Waals surface area contributed by atoms with E-state index >= 15 is 0 Å². The quantitative estimate of drug-likeness (QED) is 0.702. The minimum absolute atomic E-state index is 0.478. The number of ether oxygens (including phenoxy) is 1. The summed E-state index contributed by atoms with van der Waals surface area (Å²) in [6.07, 6.45) is 10.0. The Morgan fingerprint density at radius 2 is 2.12 bits per heavy atom. The van der Waals surface area contributed by atoms with E-state index in [0.717, 1.165) is 46.0 Å². The van der Waals surface area contributed by atoms with Crippen LogP contribution < -0.4 is 5.73 Å². The largest absolute Gasteiger partial charge is 0.493 e. The fourth-order valence-electron chi connectivity index (χ4n) is 3.78. The van der Waals surface area contributed by atoms with Gasteiger partial charge in [-0.25, -0.2) is 4.98 Å². The average Bonchev–Trinajstić information content (AvgIpc) is 3.04. The highest BCUT2D eigenvalue weighted by atomic mass is 16.5. The predicted molar refractivity (Wildman–Crippen MR) is 105 cm³/mol. The van der Waals surface area contributed by atoms with Crippen LogP contribution in [0.3, 0.4) is 0 Å². The number of anilines is 1. The summed E-state index contributed by atoms with van der Waals surface area (Å²) in [6.45, 7) is 2.74. The lowest BCUT2D eigenvalue weighted by molar-refractivity contribution is 0.254. The summed E-state index contributed by atoms with van der Waals surface area (Å²) in [6, 6.07) is 8.44. The lowest BCUT2D eigenvalue weighted by atomic mass is 9.97. The number of nitrogen functional groups attached to an aromatic ring is 1. The Morgan fingerprint density at radius 1 is 1.19 bits per heavy atom. The van der Waals surface area contributed by atoms with E-state index in [2.05, 4.69) is 59.4 Å². The fourth-order valence-corrected chi connectivity index (χ4v) is 3.78. The number of nitrogens with zero attached hydrogens (tertiary/aromatic N) is 2. The number of aromatic nitrogens is 2. The molecule has 2 aliphatic rings. The molecule has 1 aromatic carbocycles. The van der Waals surface area contributed by atoms with Gasteiger partial charge in [0.25, 0.3) is 0 Å². The van der Waals surface area contributed by atoms with Gasteiger partial charge >= 0.3 is 0 Å².